The first-order valence-corrected chi connectivity index (χ1v) is 2.94. The molecule has 0 aromatic carbocycles. The van der Waals surface area contributed by atoms with Crippen LogP contribution in [0, 0.1) is 0 Å². The smallest absolute Gasteiger partial charge is 0.352 e. The Labute approximate surface area is 53.4 Å². The summed E-state index contributed by atoms with van der Waals surface area (Å²) in [7, 11) is 0. The van der Waals surface area contributed by atoms with Crippen LogP contribution in [0.1, 0.15) is 19.3 Å². The molecule has 0 amide bonds. The van der Waals surface area contributed by atoms with Crippen LogP contribution in [0.25, 0.3) is 0 Å². The van der Waals surface area contributed by atoms with Crippen LogP contribution in [0.5, 0.6) is 0 Å². The van der Waals surface area contributed by atoms with Crippen LogP contribution >= 0.6 is 0 Å². The van der Waals surface area contributed by atoms with Gasteiger partial charge in [-0.15, -0.1) is 0 Å². The molecule has 0 atom stereocenters. The van der Waals surface area contributed by atoms with Crippen LogP contribution in [0.2, 0.25) is 0 Å². The Balaban J connectivity index is 2.51. The molecule has 0 aromatic rings. The number of hydrogen-bond acceptors (Lipinski definition) is 3. The van der Waals surface area contributed by atoms with Crippen molar-refractivity contribution in [2.75, 3.05) is 0 Å². The minimum Gasteiger partial charge on any atom is -0.370 e. The van der Waals surface area contributed by atoms with Gasteiger partial charge in [0.15, 0.2) is 0 Å². The third-order valence-electron chi connectivity index (χ3n) is 1.41. The normalized spacial score (nSPS) is 17.2. The van der Waals surface area contributed by atoms with Crippen molar-refractivity contribution in [3.05, 3.63) is 11.6 Å². The largest absolute Gasteiger partial charge is 0.370 e. The van der Waals surface area contributed by atoms with Gasteiger partial charge in [0.05, 0.1) is 0 Å². The third kappa shape index (κ3) is 1.29. The van der Waals surface area contributed by atoms with Crippen LogP contribution in [0.3, 0.4) is 0 Å². The topological polar surface area (TPSA) is 52.3 Å². The fourth-order valence-electron chi connectivity index (χ4n) is 0.932. The summed E-state index contributed by atoms with van der Waals surface area (Å²) >= 11 is 0. The van der Waals surface area contributed by atoms with E-state index < -0.39 is 0 Å². The van der Waals surface area contributed by atoms with Crippen LogP contribution in [-0.2, 0) is 9.63 Å². The quantitative estimate of drug-likeness (QED) is 0.522. The summed E-state index contributed by atoms with van der Waals surface area (Å²) in [4.78, 5) is 14.6. The van der Waals surface area contributed by atoms with Crippen LogP contribution in [-0.4, -0.2) is 5.97 Å². The van der Waals surface area contributed by atoms with Gasteiger partial charge in [-0.05, 0) is 19.3 Å². The molecule has 50 valence electrons. The highest BCUT2D eigenvalue weighted by molar-refractivity contribution is 5.88. The van der Waals surface area contributed by atoms with E-state index in [4.69, 9.17) is 0 Å². The van der Waals surface area contributed by atoms with Crippen LogP contribution in [0.4, 0.5) is 0 Å². The Morgan fingerprint density at radius 1 is 1.78 bits per heavy atom. The van der Waals surface area contributed by atoms with Crippen molar-refractivity contribution >= 4 is 5.97 Å². The van der Waals surface area contributed by atoms with Crippen molar-refractivity contribution in [3.63, 3.8) is 0 Å². The molecule has 0 aliphatic heterocycles. The molecular weight excluding hydrogens is 118 g/mol. The second-order valence-corrected chi connectivity index (χ2v) is 2.03. The molecule has 1 aliphatic carbocycles. The molecule has 1 aliphatic rings. The summed E-state index contributed by atoms with van der Waals surface area (Å²) in [6, 6.07) is 0. The maximum atomic E-state index is 10.6. The third-order valence-corrected chi connectivity index (χ3v) is 1.41. The second-order valence-electron chi connectivity index (χ2n) is 2.03. The molecule has 0 unspecified atom stereocenters. The van der Waals surface area contributed by atoms with Gasteiger partial charge in [0.2, 0.25) is 0 Å². The predicted octanol–water partition coefficient (Wildman–Crippen LogP) is 0.514. The lowest BCUT2D eigenvalue weighted by Gasteiger charge is -1.94. The van der Waals surface area contributed by atoms with Gasteiger partial charge in [-0.3, -0.25) is 0 Å². The van der Waals surface area contributed by atoms with Crippen molar-refractivity contribution in [2.24, 2.45) is 5.90 Å². The van der Waals surface area contributed by atoms with E-state index in [2.05, 4.69) is 10.7 Å². The lowest BCUT2D eigenvalue weighted by atomic mass is 10.2. The first-order valence-electron chi connectivity index (χ1n) is 2.94. The summed E-state index contributed by atoms with van der Waals surface area (Å²) in [6.45, 7) is 0. The molecule has 0 fully saturated rings. The molecular formula is C6H9NO2. The molecule has 1 rings (SSSR count). The zero-order valence-corrected chi connectivity index (χ0v) is 5.09. The molecule has 0 bridgehead atoms. The van der Waals surface area contributed by atoms with E-state index in [-0.39, 0.29) is 5.97 Å². The van der Waals surface area contributed by atoms with Crippen LogP contribution < -0.4 is 5.90 Å². The first kappa shape index (κ1) is 6.29. The average molecular weight is 127 g/mol. The predicted molar refractivity (Wildman–Crippen MR) is 32.2 cm³/mol. The number of allylic oxidation sites excluding steroid dienone is 1. The van der Waals surface area contributed by atoms with Crippen LogP contribution in [0.15, 0.2) is 11.6 Å². The van der Waals surface area contributed by atoms with Gasteiger partial charge in [-0.25, -0.2) is 4.79 Å². The number of carbonyl (C=O) groups excluding carboxylic acids is 1. The lowest BCUT2D eigenvalue weighted by molar-refractivity contribution is -0.139. The Morgan fingerprint density at radius 2 is 2.56 bits per heavy atom. The number of carbonyl (C=O) groups is 1. The molecule has 2 N–H and O–H groups in total. The van der Waals surface area contributed by atoms with E-state index in [1.54, 1.807) is 0 Å². The maximum absolute atomic E-state index is 10.6. The van der Waals surface area contributed by atoms with Gasteiger partial charge < -0.3 is 4.84 Å². The molecule has 3 heteroatoms. The number of hydrogen-bond donors (Lipinski definition) is 1. The van der Waals surface area contributed by atoms with E-state index in [1.165, 1.54) is 0 Å². The Kier molecular flexibility index (Phi) is 1.85. The van der Waals surface area contributed by atoms with Gasteiger partial charge in [-0.2, -0.15) is 5.90 Å². The molecule has 9 heavy (non-hydrogen) atoms. The molecule has 0 aromatic heterocycles. The molecule has 0 saturated carbocycles. The van der Waals surface area contributed by atoms with Gasteiger partial charge in [-0.1, -0.05) is 6.08 Å². The summed E-state index contributed by atoms with van der Waals surface area (Å²) in [5.41, 5.74) is 0.720. The average Bonchev–Trinajstić information content (AvgIpc) is 2.37. The zero-order valence-electron chi connectivity index (χ0n) is 5.09. The minimum atomic E-state index is -0.382. The molecule has 0 radical (unpaired) electrons. The Hall–Kier alpha value is -0.830. The summed E-state index contributed by atoms with van der Waals surface area (Å²) < 4.78 is 0. The first-order chi connectivity index (χ1) is 4.34. The monoisotopic (exact) mass is 127 g/mol. The molecule has 0 heterocycles. The standard InChI is InChI=1S/C6H9NO2/c7-9-6(8)5-3-1-2-4-5/h3H,1-2,4,7H2. The second kappa shape index (κ2) is 2.64. The molecule has 3 nitrogen and oxygen atoms in total. The number of rotatable bonds is 1. The van der Waals surface area contributed by atoms with E-state index in [0.29, 0.717) is 0 Å². The van der Waals surface area contributed by atoms with E-state index >= 15 is 0 Å². The van der Waals surface area contributed by atoms with Crippen molar-refractivity contribution in [1.82, 2.24) is 0 Å². The van der Waals surface area contributed by atoms with Crippen molar-refractivity contribution in [2.45, 2.75) is 19.3 Å². The number of nitrogens with two attached hydrogens (primary N) is 1. The SMILES string of the molecule is NOC(=O)C1=CCCC1. The van der Waals surface area contributed by atoms with Gasteiger partial charge >= 0.3 is 5.97 Å². The van der Waals surface area contributed by atoms with Gasteiger partial charge in [0.25, 0.3) is 0 Å². The highest BCUT2D eigenvalue weighted by Gasteiger charge is 2.12. The Morgan fingerprint density at radius 3 is 3.00 bits per heavy atom. The summed E-state index contributed by atoms with van der Waals surface area (Å²) in [5, 5.41) is 0. The van der Waals surface area contributed by atoms with Crippen molar-refractivity contribution in [1.29, 1.82) is 0 Å². The van der Waals surface area contributed by atoms with Crippen molar-refractivity contribution in [3.8, 4) is 0 Å². The summed E-state index contributed by atoms with van der Waals surface area (Å²) in [5.74, 6) is 4.28. The summed E-state index contributed by atoms with van der Waals surface area (Å²) in [6.07, 6.45) is 4.71. The minimum absolute atomic E-state index is 0.382. The van der Waals surface area contributed by atoms with Crippen molar-refractivity contribution < 1.29 is 9.63 Å². The maximum Gasteiger partial charge on any atom is 0.352 e. The lowest BCUT2D eigenvalue weighted by Crippen LogP contribution is -2.10. The fourth-order valence-corrected chi connectivity index (χ4v) is 0.932. The zero-order chi connectivity index (χ0) is 6.69. The van der Waals surface area contributed by atoms with Gasteiger partial charge in [0.1, 0.15) is 0 Å². The van der Waals surface area contributed by atoms with E-state index in [1.807, 2.05) is 6.08 Å². The highest BCUT2D eigenvalue weighted by Crippen LogP contribution is 2.17. The Bertz CT molecular complexity index is 151. The highest BCUT2D eigenvalue weighted by atomic mass is 16.7. The molecule has 0 spiro atoms. The molecule has 0 saturated heterocycles. The van der Waals surface area contributed by atoms with Gasteiger partial charge in [0, 0.05) is 5.57 Å². The fraction of sp³-hybridized carbons (Fsp3) is 0.500. The van der Waals surface area contributed by atoms with E-state index in [0.717, 1.165) is 24.8 Å². The van der Waals surface area contributed by atoms with E-state index in [9.17, 15) is 4.79 Å².